The summed E-state index contributed by atoms with van der Waals surface area (Å²) in [6.45, 7) is 7.85. The van der Waals surface area contributed by atoms with Crippen molar-refractivity contribution in [2.24, 2.45) is 5.73 Å². The van der Waals surface area contributed by atoms with Crippen molar-refractivity contribution in [2.45, 2.75) is 32.9 Å². The molecule has 5 nitrogen and oxygen atoms in total. The molecule has 0 saturated carbocycles. The fraction of sp³-hybridized carbons (Fsp3) is 0.900. The summed E-state index contributed by atoms with van der Waals surface area (Å²) in [5.41, 5.74) is 5.17. The van der Waals surface area contributed by atoms with Crippen LogP contribution in [0.15, 0.2) is 0 Å². The minimum atomic E-state index is -0.408. The molecule has 5 heteroatoms. The third kappa shape index (κ3) is 8.35. The summed E-state index contributed by atoms with van der Waals surface area (Å²) in [5, 5.41) is 2.94. The fourth-order valence-corrected chi connectivity index (χ4v) is 1.03. The van der Waals surface area contributed by atoms with Gasteiger partial charge in [-0.3, -0.25) is 4.79 Å². The molecule has 0 aromatic carbocycles. The van der Waals surface area contributed by atoms with E-state index in [1.807, 2.05) is 20.8 Å². The molecule has 0 spiro atoms. The molecule has 90 valence electrons. The minimum absolute atomic E-state index is 0.203. The number of rotatable bonds is 9. The molecule has 0 aliphatic carbocycles. The number of carbonyl (C=O) groups excluding carboxylic acids is 1. The molecular weight excluding hydrogens is 196 g/mol. The second kappa shape index (κ2) is 8.64. The van der Waals surface area contributed by atoms with Crippen molar-refractivity contribution >= 4 is 5.91 Å². The first-order valence-corrected chi connectivity index (χ1v) is 5.30. The van der Waals surface area contributed by atoms with Gasteiger partial charge in [-0.05, 0) is 20.4 Å². The monoisotopic (exact) mass is 218 g/mol. The topological polar surface area (TPSA) is 73.6 Å². The molecular formula is C10H22N2O3. The van der Waals surface area contributed by atoms with E-state index in [2.05, 4.69) is 5.32 Å². The molecule has 0 aliphatic heterocycles. The number of hydrogen-bond donors (Lipinski definition) is 2. The van der Waals surface area contributed by atoms with Crippen molar-refractivity contribution in [3.8, 4) is 0 Å². The van der Waals surface area contributed by atoms with Gasteiger partial charge >= 0.3 is 0 Å². The van der Waals surface area contributed by atoms with Crippen LogP contribution in [0, 0.1) is 0 Å². The highest BCUT2D eigenvalue weighted by Crippen LogP contribution is 1.89. The molecule has 0 aliphatic rings. The zero-order chi connectivity index (χ0) is 11.7. The average Bonchev–Trinajstić information content (AvgIpc) is 2.15. The van der Waals surface area contributed by atoms with Crippen molar-refractivity contribution in [2.75, 3.05) is 26.4 Å². The van der Waals surface area contributed by atoms with Crippen molar-refractivity contribution in [3.05, 3.63) is 0 Å². The molecule has 1 atom stereocenters. The maximum atomic E-state index is 10.9. The first-order valence-electron chi connectivity index (χ1n) is 5.30. The number of amides is 1. The molecule has 0 radical (unpaired) electrons. The minimum Gasteiger partial charge on any atom is -0.377 e. The maximum Gasteiger partial charge on any atom is 0.236 e. The lowest BCUT2D eigenvalue weighted by Crippen LogP contribution is -2.44. The predicted molar refractivity (Wildman–Crippen MR) is 58.6 cm³/mol. The van der Waals surface area contributed by atoms with Gasteiger partial charge in [0.25, 0.3) is 0 Å². The standard InChI is InChI=1S/C10H22N2O3/c1-4-12-9(10(11)13)7-14-5-6-15-8(2)3/h8-9,12H,4-7H2,1-3H3,(H2,11,13). The van der Waals surface area contributed by atoms with E-state index in [0.717, 1.165) is 0 Å². The van der Waals surface area contributed by atoms with Gasteiger partial charge in [-0.25, -0.2) is 0 Å². The zero-order valence-electron chi connectivity index (χ0n) is 9.79. The van der Waals surface area contributed by atoms with E-state index < -0.39 is 6.04 Å². The Balaban J connectivity index is 3.49. The molecule has 0 heterocycles. The van der Waals surface area contributed by atoms with Gasteiger partial charge in [0.05, 0.1) is 25.9 Å². The Labute approximate surface area is 91.3 Å². The summed E-state index contributed by atoms with van der Waals surface area (Å²) in [4.78, 5) is 10.9. The molecule has 0 aromatic heterocycles. The molecule has 0 fully saturated rings. The van der Waals surface area contributed by atoms with E-state index in [1.165, 1.54) is 0 Å². The first-order chi connectivity index (χ1) is 7.07. The lowest BCUT2D eigenvalue weighted by Gasteiger charge is -2.14. The van der Waals surface area contributed by atoms with Gasteiger partial charge in [0.15, 0.2) is 0 Å². The van der Waals surface area contributed by atoms with Gasteiger partial charge in [-0.2, -0.15) is 0 Å². The van der Waals surface area contributed by atoms with Gasteiger partial charge in [-0.1, -0.05) is 6.92 Å². The van der Waals surface area contributed by atoms with Gasteiger partial charge in [-0.15, -0.1) is 0 Å². The smallest absolute Gasteiger partial charge is 0.236 e. The van der Waals surface area contributed by atoms with Crippen LogP contribution >= 0.6 is 0 Å². The van der Waals surface area contributed by atoms with E-state index in [1.54, 1.807) is 0 Å². The van der Waals surface area contributed by atoms with Crippen molar-refractivity contribution < 1.29 is 14.3 Å². The molecule has 0 rings (SSSR count). The van der Waals surface area contributed by atoms with Crippen LogP contribution in [0.2, 0.25) is 0 Å². The van der Waals surface area contributed by atoms with E-state index >= 15 is 0 Å². The fourth-order valence-electron chi connectivity index (χ4n) is 1.03. The number of carbonyl (C=O) groups is 1. The quantitative estimate of drug-likeness (QED) is 0.530. The number of hydrogen-bond acceptors (Lipinski definition) is 4. The van der Waals surface area contributed by atoms with Crippen LogP contribution in [0.1, 0.15) is 20.8 Å². The number of likely N-dealkylation sites (N-methyl/N-ethyl adjacent to an activating group) is 1. The Morgan fingerprint density at radius 2 is 2.07 bits per heavy atom. The highest BCUT2D eigenvalue weighted by molar-refractivity contribution is 5.79. The summed E-state index contributed by atoms with van der Waals surface area (Å²) >= 11 is 0. The van der Waals surface area contributed by atoms with Gasteiger partial charge in [0.2, 0.25) is 5.91 Å². The SMILES string of the molecule is CCNC(COCCOC(C)C)C(N)=O. The predicted octanol–water partition coefficient (Wildman–Crippen LogP) is -0.109. The third-order valence-corrected chi connectivity index (χ3v) is 1.76. The van der Waals surface area contributed by atoms with Crippen molar-refractivity contribution in [1.29, 1.82) is 0 Å². The zero-order valence-corrected chi connectivity index (χ0v) is 9.79. The molecule has 1 amide bonds. The molecule has 15 heavy (non-hydrogen) atoms. The Hall–Kier alpha value is -0.650. The van der Waals surface area contributed by atoms with Crippen LogP contribution in [-0.2, 0) is 14.3 Å². The van der Waals surface area contributed by atoms with E-state index in [9.17, 15) is 4.79 Å². The lowest BCUT2D eigenvalue weighted by molar-refractivity contribution is -0.121. The normalized spacial score (nSPS) is 13.1. The van der Waals surface area contributed by atoms with Gasteiger partial charge in [0, 0.05) is 0 Å². The number of primary amides is 1. The van der Waals surface area contributed by atoms with E-state index in [-0.39, 0.29) is 12.0 Å². The molecule has 3 N–H and O–H groups in total. The summed E-state index contributed by atoms with van der Waals surface area (Å²) < 4.78 is 10.6. The summed E-state index contributed by atoms with van der Waals surface area (Å²) in [7, 11) is 0. The maximum absolute atomic E-state index is 10.9. The molecule has 0 aromatic rings. The molecule has 0 bridgehead atoms. The largest absolute Gasteiger partial charge is 0.377 e. The van der Waals surface area contributed by atoms with Crippen molar-refractivity contribution in [3.63, 3.8) is 0 Å². The van der Waals surface area contributed by atoms with Crippen molar-refractivity contribution in [1.82, 2.24) is 5.32 Å². The summed E-state index contributed by atoms with van der Waals surface area (Å²) in [6, 6.07) is -0.408. The Kier molecular flexibility index (Phi) is 8.27. The van der Waals surface area contributed by atoms with E-state index in [0.29, 0.717) is 26.4 Å². The molecule has 1 unspecified atom stereocenters. The first kappa shape index (κ1) is 14.3. The highest BCUT2D eigenvalue weighted by atomic mass is 16.5. The highest BCUT2D eigenvalue weighted by Gasteiger charge is 2.13. The van der Waals surface area contributed by atoms with Crippen LogP contribution in [0.4, 0.5) is 0 Å². The average molecular weight is 218 g/mol. The lowest BCUT2D eigenvalue weighted by atomic mass is 10.3. The Morgan fingerprint density at radius 1 is 1.40 bits per heavy atom. The number of ether oxygens (including phenoxy) is 2. The summed E-state index contributed by atoms with van der Waals surface area (Å²) in [5.74, 6) is -0.387. The molecule has 0 saturated heterocycles. The van der Waals surface area contributed by atoms with Gasteiger partial charge < -0.3 is 20.5 Å². The Bertz CT molecular complexity index is 174. The van der Waals surface area contributed by atoms with E-state index in [4.69, 9.17) is 15.2 Å². The second-order valence-corrected chi connectivity index (χ2v) is 3.51. The second-order valence-electron chi connectivity index (χ2n) is 3.51. The van der Waals surface area contributed by atoms with Crippen LogP contribution in [-0.4, -0.2) is 44.4 Å². The van der Waals surface area contributed by atoms with Crippen LogP contribution in [0.3, 0.4) is 0 Å². The van der Waals surface area contributed by atoms with Gasteiger partial charge in [0.1, 0.15) is 6.04 Å². The number of nitrogens with two attached hydrogens (primary N) is 1. The summed E-state index contributed by atoms with van der Waals surface area (Å²) in [6.07, 6.45) is 0.203. The third-order valence-electron chi connectivity index (χ3n) is 1.76. The number of nitrogens with one attached hydrogen (secondary N) is 1. The Morgan fingerprint density at radius 3 is 2.53 bits per heavy atom. The van der Waals surface area contributed by atoms with Crippen LogP contribution in [0.5, 0.6) is 0 Å². The van der Waals surface area contributed by atoms with Crippen LogP contribution < -0.4 is 11.1 Å². The van der Waals surface area contributed by atoms with Crippen LogP contribution in [0.25, 0.3) is 0 Å².